The molecule has 0 heterocycles. The van der Waals surface area contributed by atoms with Crippen LogP contribution in [-0.2, 0) is 28.6 Å². The molecule has 0 aliphatic rings. The molecular formula is C19H28O9. The van der Waals surface area contributed by atoms with Crippen molar-refractivity contribution in [1.29, 1.82) is 0 Å². The average Bonchev–Trinajstić information content (AvgIpc) is 2.58. The van der Waals surface area contributed by atoms with Gasteiger partial charge in [0, 0.05) is 29.7 Å². The van der Waals surface area contributed by atoms with Crippen molar-refractivity contribution < 1.29 is 43.9 Å². The van der Waals surface area contributed by atoms with Crippen LogP contribution in [0.25, 0.3) is 0 Å². The van der Waals surface area contributed by atoms with Crippen molar-refractivity contribution in [3.05, 3.63) is 36.5 Å². The van der Waals surface area contributed by atoms with Gasteiger partial charge in [0.15, 0.2) is 0 Å². The molecule has 3 atom stereocenters. The molecule has 0 aromatic carbocycles. The molecule has 9 heteroatoms. The van der Waals surface area contributed by atoms with E-state index in [4.69, 9.17) is 14.2 Å². The maximum atomic E-state index is 12.2. The minimum Gasteiger partial charge on any atom is -0.442 e. The molecule has 0 saturated carbocycles. The summed E-state index contributed by atoms with van der Waals surface area (Å²) in [5, 5.41) is 31.0. The first-order chi connectivity index (χ1) is 12.8. The van der Waals surface area contributed by atoms with Gasteiger partial charge in [-0.1, -0.05) is 26.7 Å². The Hall–Kier alpha value is -2.49. The van der Waals surface area contributed by atoms with Gasteiger partial charge in [0.1, 0.15) is 0 Å². The van der Waals surface area contributed by atoms with E-state index in [1.54, 1.807) is 0 Å². The molecule has 0 rings (SSSR count). The van der Waals surface area contributed by atoms with Gasteiger partial charge >= 0.3 is 17.9 Å². The first-order valence-electron chi connectivity index (χ1n) is 8.43. The predicted molar refractivity (Wildman–Crippen MR) is 98.4 cm³/mol. The maximum Gasteiger partial charge on any atom is 0.335 e. The second-order valence-corrected chi connectivity index (χ2v) is 6.38. The highest BCUT2D eigenvalue weighted by molar-refractivity contribution is 5.89. The minimum absolute atomic E-state index is 0.0834. The lowest BCUT2D eigenvalue weighted by atomic mass is 9.86. The Bertz CT molecular complexity index is 666. The highest BCUT2D eigenvalue weighted by atomic mass is 16.7. The number of rotatable bonds is 11. The highest BCUT2D eigenvalue weighted by Crippen LogP contribution is 2.39. The Morgan fingerprint density at radius 3 is 1.71 bits per heavy atom. The van der Waals surface area contributed by atoms with Gasteiger partial charge in [-0.2, -0.15) is 0 Å². The van der Waals surface area contributed by atoms with E-state index in [-0.39, 0.29) is 23.1 Å². The molecule has 0 spiro atoms. The van der Waals surface area contributed by atoms with E-state index in [1.807, 2.05) is 0 Å². The Morgan fingerprint density at radius 2 is 1.36 bits per heavy atom. The van der Waals surface area contributed by atoms with Gasteiger partial charge in [-0.05, 0) is 27.2 Å². The third-order valence-electron chi connectivity index (χ3n) is 3.84. The smallest absolute Gasteiger partial charge is 0.335 e. The second kappa shape index (κ2) is 10.2. The monoisotopic (exact) mass is 400 g/mol. The van der Waals surface area contributed by atoms with Gasteiger partial charge in [0.25, 0.3) is 5.79 Å². The Labute approximate surface area is 163 Å². The molecule has 0 aliphatic carbocycles. The third-order valence-corrected chi connectivity index (χ3v) is 3.84. The predicted octanol–water partition coefficient (Wildman–Crippen LogP) is 0.882. The van der Waals surface area contributed by atoms with Gasteiger partial charge < -0.3 is 29.5 Å². The summed E-state index contributed by atoms with van der Waals surface area (Å²) in [6.45, 7) is 14.7. The Morgan fingerprint density at radius 1 is 0.929 bits per heavy atom. The van der Waals surface area contributed by atoms with Crippen LogP contribution in [0.4, 0.5) is 0 Å². The molecule has 0 fully saturated rings. The standard InChI is InChI=1S/C19H28O9/c1-8-18(27-15(22)12(4)5,17(24)26-14(21)11(2)3)19(25,9-10-20)28-16(23)13(6)7/h17,20,24-25H,2,4,6,8-10H2,1,3,5,7H3. The lowest BCUT2D eigenvalue weighted by Crippen LogP contribution is -2.66. The summed E-state index contributed by atoms with van der Waals surface area (Å²) < 4.78 is 15.1. The summed E-state index contributed by atoms with van der Waals surface area (Å²) in [6, 6.07) is 0. The van der Waals surface area contributed by atoms with Crippen molar-refractivity contribution in [3.63, 3.8) is 0 Å². The van der Waals surface area contributed by atoms with Gasteiger partial charge in [-0.3, -0.25) is 0 Å². The zero-order valence-electron chi connectivity index (χ0n) is 16.6. The number of hydrogen-bond donors (Lipinski definition) is 3. The molecule has 0 aromatic rings. The number of ether oxygens (including phenoxy) is 3. The van der Waals surface area contributed by atoms with Gasteiger partial charge in [-0.25, -0.2) is 14.4 Å². The SMILES string of the molecule is C=C(C)C(=O)OC(O)C(CC)(OC(=O)C(=C)C)C(O)(CCO)OC(=O)C(=C)C. The van der Waals surface area contributed by atoms with Crippen LogP contribution in [0, 0.1) is 0 Å². The maximum absolute atomic E-state index is 12.2. The Balaban J connectivity index is 6.45. The molecule has 0 saturated heterocycles. The van der Waals surface area contributed by atoms with Gasteiger partial charge in [-0.15, -0.1) is 0 Å². The zero-order valence-corrected chi connectivity index (χ0v) is 16.6. The highest BCUT2D eigenvalue weighted by Gasteiger charge is 2.62. The second-order valence-electron chi connectivity index (χ2n) is 6.38. The van der Waals surface area contributed by atoms with Crippen molar-refractivity contribution >= 4 is 17.9 Å². The van der Waals surface area contributed by atoms with Crippen molar-refractivity contribution in [2.45, 2.75) is 58.2 Å². The van der Waals surface area contributed by atoms with Crippen molar-refractivity contribution in [2.75, 3.05) is 6.61 Å². The summed E-state index contributed by atoms with van der Waals surface area (Å²) in [7, 11) is 0. The molecule has 9 nitrogen and oxygen atoms in total. The fraction of sp³-hybridized carbons (Fsp3) is 0.526. The third kappa shape index (κ3) is 5.75. The van der Waals surface area contributed by atoms with Gasteiger partial charge in [0.2, 0.25) is 11.9 Å². The van der Waals surface area contributed by atoms with E-state index in [1.165, 1.54) is 27.7 Å². The first-order valence-corrected chi connectivity index (χ1v) is 8.43. The van der Waals surface area contributed by atoms with Crippen molar-refractivity contribution in [2.24, 2.45) is 0 Å². The van der Waals surface area contributed by atoms with Crippen molar-refractivity contribution in [3.8, 4) is 0 Å². The number of aliphatic hydroxyl groups is 3. The van der Waals surface area contributed by atoms with Crippen LogP contribution in [0.5, 0.6) is 0 Å². The van der Waals surface area contributed by atoms with Gasteiger partial charge in [0.05, 0.1) is 0 Å². The number of aliphatic hydroxyl groups excluding tert-OH is 2. The van der Waals surface area contributed by atoms with E-state index in [0.717, 1.165) is 0 Å². The topological polar surface area (TPSA) is 140 Å². The number of carbonyl (C=O) groups excluding carboxylic acids is 3. The molecule has 0 amide bonds. The fourth-order valence-corrected chi connectivity index (χ4v) is 2.14. The van der Waals surface area contributed by atoms with E-state index in [2.05, 4.69) is 19.7 Å². The molecule has 0 aliphatic heterocycles. The minimum atomic E-state index is -2.77. The number of esters is 3. The first kappa shape index (κ1) is 25.5. The fourth-order valence-electron chi connectivity index (χ4n) is 2.14. The molecule has 0 bridgehead atoms. The summed E-state index contributed by atoms with van der Waals surface area (Å²) in [5.74, 6) is -5.96. The normalized spacial score (nSPS) is 16.0. The molecule has 28 heavy (non-hydrogen) atoms. The summed E-state index contributed by atoms with van der Waals surface area (Å²) in [6.07, 6.45) is -3.33. The largest absolute Gasteiger partial charge is 0.442 e. The molecule has 0 aromatic heterocycles. The van der Waals surface area contributed by atoms with Crippen molar-refractivity contribution in [1.82, 2.24) is 0 Å². The van der Waals surface area contributed by atoms with E-state index in [9.17, 15) is 29.7 Å². The van der Waals surface area contributed by atoms with Crippen LogP contribution >= 0.6 is 0 Å². The lowest BCUT2D eigenvalue weighted by Gasteiger charge is -2.46. The lowest BCUT2D eigenvalue weighted by molar-refractivity contribution is -0.343. The van der Waals surface area contributed by atoms with Crippen LogP contribution in [0.15, 0.2) is 36.5 Å². The number of carbonyl (C=O) groups is 3. The van der Waals surface area contributed by atoms with E-state index >= 15 is 0 Å². The number of hydrogen-bond acceptors (Lipinski definition) is 9. The van der Waals surface area contributed by atoms with E-state index < -0.39 is 48.6 Å². The summed E-state index contributed by atoms with van der Waals surface area (Å²) in [5.41, 5.74) is -2.78. The molecule has 3 N–H and O–H groups in total. The van der Waals surface area contributed by atoms with Crippen LogP contribution in [0.1, 0.15) is 40.5 Å². The Kier molecular flexibility index (Phi) is 9.26. The van der Waals surface area contributed by atoms with Crippen LogP contribution in [0.2, 0.25) is 0 Å². The zero-order chi connectivity index (χ0) is 22.3. The molecule has 0 radical (unpaired) electrons. The molecule has 158 valence electrons. The van der Waals surface area contributed by atoms with E-state index in [0.29, 0.717) is 0 Å². The average molecular weight is 400 g/mol. The molecule has 3 unspecified atom stereocenters. The summed E-state index contributed by atoms with van der Waals surface area (Å²) in [4.78, 5) is 36.1. The molecular weight excluding hydrogens is 372 g/mol. The van der Waals surface area contributed by atoms with Crippen LogP contribution in [-0.4, -0.2) is 57.5 Å². The quantitative estimate of drug-likeness (QED) is 0.199. The summed E-state index contributed by atoms with van der Waals surface area (Å²) >= 11 is 0. The van der Waals surface area contributed by atoms with Crippen LogP contribution in [0.3, 0.4) is 0 Å². The van der Waals surface area contributed by atoms with Crippen LogP contribution < -0.4 is 0 Å².